The van der Waals surface area contributed by atoms with Crippen molar-refractivity contribution in [1.82, 2.24) is 9.97 Å². The molecule has 0 bridgehead atoms. The van der Waals surface area contributed by atoms with E-state index in [9.17, 15) is 0 Å². The standard InChI is InChI=1S/C9H7ClN2/c1-2-6-5-8(10)7-3-4-11-9(7)12-6/h2-5H,1H2,(H,11,12). The molecule has 0 aromatic carbocycles. The zero-order valence-corrected chi connectivity index (χ0v) is 7.10. The number of rotatable bonds is 1. The highest BCUT2D eigenvalue weighted by Crippen LogP contribution is 2.22. The molecule has 0 atom stereocenters. The molecular weight excluding hydrogens is 172 g/mol. The van der Waals surface area contributed by atoms with Crippen LogP contribution in [0.4, 0.5) is 0 Å². The van der Waals surface area contributed by atoms with Crippen LogP contribution >= 0.6 is 11.6 Å². The highest BCUT2D eigenvalue weighted by atomic mass is 35.5. The third kappa shape index (κ3) is 1.01. The third-order valence-corrected chi connectivity index (χ3v) is 2.02. The van der Waals surface area contributed by atoms with Gasteiger partial charge in [0.15, 0.2) is 0 Å². The van der Waals surface area contributed by atoms with E-state index in [2.05, 4.69) is 16.5 Å². The zero-order chi connectivity index (χ0) is 8.55. The number of hydrogen-bond acceptors (Lipinski definition) is 1. The largest absolute Gasteiger partial charge is 0.346 e. The Labute approximate surface area is 74.9 Å². The number of aromatic nitrogens is 2. The summed E-state index contributed by atoms with van der Waals surface area (Å²) in [7, 11) is 0. The molecule has 0 spiro atoms. The van der Waals surface area contributed by atoms with Gasteiger partial charge in [-0.25, -0.2) is 4.98 Å². The van der Waals surface area contributed by atoms with Gasteiger partial charge in [-0.05, 0) is 18.2 Å². The SMILES string of the molecule is C=Cc1cc(Cl)c2cc[nH]c2n1. The Morgan fingerprint density at radius 2 is 2.42 bits per heavy atom. The molecule has 2 rings (SSSR count). The molecule has 12 heavy (non-hydrogen) atoms. The molecule has 0 saturated heterocycles. The summed E-state index contributed by atoms with van der Waals surface area (Å²) in [6.07, 6.45) is 3.49. The second kappa shape index (κ2) is 2.64. The smallest absolute Gasteiger partial charge is 0.139 e. The van der Waals surface area contributed by atoms with Crippen molar-refractivity contribution in [2.45, 2.75) is 0 Å². The van der Waals surface area contributed by atoms with E-state index in [1.165, 1.54) is 0 Å². The molecule has 1 N–H and O–H groups in total. The molecule has 0 unspecified atom stereocenters. The number of aromatic amines is 1. The summed E-state index contributed by atoms with van der Waals surface area (Å²) in [5, 5.41) is 1.65. The Bertz CT molecular complexity index is 431. The number of pyridine rings is 1. The van der Waals surface area contributed by atoms with E-state index < -0.39 is 0 Å². The molecule has 0 aliphatic heterocycles. The van der Waals surface area contributed by atoms with Crippen molar-refractivity contribution in [2.24, 2.45) is 0 Å². The van der Waals surface area contributed by atoms with E-state index in [0.717, 1.165) is 16.7 Å². The Hall–Kier alpha value is -1.28. The minimum Gasteiger partial charge on any atom is -0.346 e. The highest BCUT2D eigenvalue weighted by molar-refractivity contribution is 6.35. The lowest BCUT2D eigenvalue weighted by Gasteiger charge is -1.95. The molecule has 2 nitrogen and oxygen atoms in total. The van der Waals surface area contributed by atoms with E-state index in [1.54, 1.807) is 12.1 Å². The molecule has 0 aliphatic rings. The lowest BCUT2D eigenvalue weighted by molar-refractivity contribution is 1.30. The van der Waals surface area contributed by atoms with Crippen molar-refractivity contribution >= 4 is 28.7 Å². The van der Waals surface area contributed by atoms with Crippen molar-refractivity contribution in [3.63, 3.8) is 0 Å². The molecule has 3 heteroatoms. The number of nitrogens with zero attached hydrogens (tertiary/aromatic N) is 1. The second-order valence-corrected chi connectivity index (χ2v) is 2.88. The van der Waals surface area contributed by atoms with Crippen LogP contribution < -0.4 is 0 Å². The maximum Gasteiger partial charge on any atom is 0.139 e. The minimum absolute atomic E-state index is 0.705. The predicted octanol–water partition coefficient (Wildman–Crippen LogP) is 2.86. The van der Waals surface area contributed by atoms with Crippen LogP contribution in [-0.2, 0) is 0 Å². The minimum atomic E-state index is 0.705. The average Bonchev–Trinajstić information content (AvgIpc) is 2.52. The summed E-state index contributed by atoms with van der Waals surface area (Å²) in [5.41, 5.74) is 1.59. The first-order valence-electron chi connectivity index (χ1n) is 3.57. The maximum absolute atomic E-state index is 5.97. The first-order valence-corrected chi connectivity index (χ1v) is 3.95. The molecule has 0 fully saturated rings. The van der Waals surface area contributed by atoms with Crippen LogP contribution in [0.1, 0.15) is 5.69 Å². The van der Waals surface area contributed by atoms with Crippen molar-refractivity contribution in [2.75, 3.05) is 0 Å². The summed E-state index contributed by atoms with van der Waals surface area (Å²) in [5.74, 6) is 0. The van der Waals surface area contributed by atoms with Gasteiger partial charge in [-0.1, -0.05) is 18.2 Å². The van der Waals surface area contributed by atoms with Gasteiger partial charge in [-0.15, -0.1) is 0 Å². The van der Waals surface area contributed by atoms with Gasteiger partial charge in [0.2, 0.25) is 0 Å². The molecule has 2 heterocycles. The molecule has 60 valence electrons. The molecule has 0 amide bonds. The van der Waals surface area contributed by atoms with E-state index >= 15 is 0 Å². The predicted molar refractivity (Wildman–Crippen MR) is 51.2 cm³/mol. The van der Waals surface area contributed by atoms with Gasteiger partial charge in [0.1, 0.15) is 5.65 Å². The number of fused-ring (bicyclic) bond motifs is 1. The van der Waals surface area contributed by atoms with Crippen molar-refractivity contribution in [3.8, 4) is 0 Å². The van der Waals surface area contributed by atoms with Gasteiger partial charge in [0, 0.05) is 11.6 Å². The Balaban J connectivity index is 2.83. The molecule has 0 aliphatic carbocycles. The van der Waals surface area contributed by atoms with E-state index in [1.807, 2.05) is 12.3 Å². The van der Waals surface area contributed by atoms with Gasteiger partial charge in [-0.3, -0.25) is 0 Å². The van der Waals surface area contributed by atoms with Crippen LogP contribution in [0.3, 0.4) is 0 Å². The van der Waals surface area contributed by atoms with E-state index in [0.29, 0.717) is 5.02 Å². The molecule has 2 aromatic heterocycles. The zero-order valence-electron chi connectivity index (χ0n) is 6.34. The molecule has 0 radical (unpaired) electrons. The van der Waals surface area contributed by atoms with Crippen LogP contribution in [0.5, 0.6) is 0 Å². The number of halogens is 1. The second-order valence-electron chi connectivity index (χ2n) is 2.47. The van der Waals surface area contributed by atoms with Crippen molar-refractivity contribution in [3.05, 3.63) is 35.6 Å². The quantitative estimate of drug-likeness (QED) is 0.715. The Morgan fingerprint density at radius 3 is 3.17 bits per heavy atom. The number of H-pyrrole nitrogens is 1. The lowest BCUT2D eigenvalue weighted by Crippen LogP contribution is -1.82. The maximum atomic E-state index is 5.97. The third-order valence-electron chi connectivity index (χ3n) is 1.71. The fraction of sp³-hybridized carbons (Fsp3) is 0. The van der Waals surface area contributed by atoms with Crippen molar-refractivity contribution < 1.29 is 0 Å². The van der Waals surface area contributed by atoms with Gasteiger partial charge in [0.25, 0.3) is 0 Å². The molecule has 0 saturated carbocycles. The number of nitrogens with one attached hydrogen (secondary N) is 1. The normalized spacial score (nSPS) is 10.4. The van der Waals surface area contributed by atoms with E-state index in [-0.39, 0.29) is 0 Å². The fourth-order valence-electron chi connectivity index (χ4n) is 1.12. The fourth-order valence-corrected chi connectivity index (χ4v) is 1.38. The highest BCUT2D eigenvalue weighted by Gasteiger charge is 2.01. The topological polar surface area (TPSA) is 28.7 Å². The summed E-state index contributed by atoms with van der Waals surface area (Å²) < 4.78 is 0. The Morgan fingerprint density at radius 1 is 1.58 bits per heavy atom. The van der Waals surface area contributed by atoms with Crippen LogP contribution in [-0.4, -0.2) is 9.97 Å². The van der Waals surface area contributed by atoms with Crippen LogP contribution in [0.15, 0.2) is 24.9 Å². The van der Waals surface area contributed by atoms with Gasteiger partial charge >= 0.3 is 0 Å². The molecular formula is C9H7ClN2. The first-order chi connectivity index (χ1) is 5.81. The monoisotopic (exact) mass is 178 g/mol. The van der Waals surface area contributed by atoms with Crippen LogP contribution in [0.25, 0.3) is 17.1 Å². The summed E-state index contributed by atoms with van der Waals surface area (Å²) in [4.78, 5) is 7.25. The van der Waals surface area contributed by atoms with Gasteiger partial charge in [0.05, 0.1) is 10.7 Å². The summed E-state index contributed by atoms with van der Waals surface area (Å²) >= 11 is 5.97. The summed E-state index contributed by atoms with van der Waals surface area (Å²) in [6, 6.07) is 3.70. The number of hydrogen-bond donors (Lipinski definition) is 1. The first kappa shape index (κ1) is 7.37. The lowest BCUT2D eigenvalue weighted by atomic mass is 10.3. The molecule has 2 aromatic rings. The summed E-state index contributed by atoms with van der Waals surface area (Å²) in [6.45, 7) is 3.63. The van der Waals surface area contributed by atoms with Crippen molar-refractivity contribution in [1.29, 1.82) is 0 Å². The van der Waals surface area contributed by atoms with E-state index in [4.69, 9.17) is 11.6 Å². The van der Waals surface area contributed by atoms with Gasteiger partial charge in [-0.2, -0.15) is 0 Å². The van der Waals surface area contributed by atoms with Gasteiger partial charge < -0.3 is 4.98 Å². The average molecular weight is 179 g/mol. The Kier molecular flexibility index (Phi) is 1.62. The van der Waals surface area contributed by atoms with Crippen LogP contribution in [0, 0.1) is 0 Å². The van der Waals surface area contributed by atoms with Crippen LogP contribution in [0.2, 0.25) is 5.02 Å².